The van der Waals surface area contributed by atoms with Gasteiger partial charge in [0.25, 0.3) is 0 Å². The van der Waals surface area contributed by atoms with E-state index in [1.54, 1.807) is 0 Å². The third-order valence-corrected chi connectivity index (χ3v) is 2.08. The molecule has 5 N–H and O–H groups in total. The van der Waals surface area contributed by atoms with Gasteiger partial charge in [-0.25, -0.2) is 9.59 Å². The summed E-state index contributed by atoms with van der Waals surface area (Å²) in [6, 6.07) is 3.38. The standard InChI is InChI=1S/C11H12N2O5/c12-2-1-9(14)13-8-4-6(10(15)16)3-7(5-8)11(17)18/h3-5H,1-2,12H2,(H,13,14)(H,15,16)(H,17,18). The zero-order valence-electron chi connectivity index (χ0n) is 9.34. The average molecular weight is 252 g/mol. The summed E-state index contributed by atoms with van der Waals surface area (Å²) in [6.45, 7) is 0.149. The van der Waals surface area contributed by atoms with Gasteiger partial charge in [0, 0.05) is 18.7 Å². The van der Waals surface area contributed by atoms with Crippen molar-refractivity contribution in [2.45, 2.75) is 6.42 Å². The second-order valence-corrected chi connectivity index (χ2v) is 3.50. The topological polar surface area (TPSA) is 130 Å². The fourth-order valence-electron chi connectivity index (χ4n) is 1.30. The van der Waals surface area contributed by atoms with Gasteiger partial charge in [-0.1, -0.05) is 0 Å². The molecule has 1 aromatic carbocycles. The fraction of sp³-hybridized carbons (Fsp3) is 0.182. The molecule has 0 aliphatic heterocycles. The third-order valence-electron chi connectivity index (χ3n) is 2.08. The van der Waals surface area contributed by atoms with Crippen molar-refractivity contribution in [2.75, 3.05) is 11.9 Å². The van der Waals surface area contributed by atoms with Gasteiger partial charge < -0.3 is 21.3 Å². The summed E-state index contributed by atoms with van der Waals surface area (Å²) in [5, 5.41) is 20.0. The van der Waals surface area contributed by atoms with E-state index in [0.717, 1.165) is 6.07 Å². The van der Waals surface area contributed by atoms with Crippen LogP contribution in [0.15, 0.2) is 18.2 Å². The van der Waals surface area contributed by atoms with Crippen molar-refractivity contribution in [3.05, 3.63) is 29.3 Å². The van der Waals surface area contributed by atoms with Crippen LogP contribution in [0.2, 0.25) is 0 Å². The molecule has 0 unspecified atom stereocenters. The van der Waals surface area contributed by atoms with Crippen LogP contribution in [0.5, 0.6) is 0 Å². The lowest BCUT2D eigenvalue weighted by atomic mass is 10.1. The van der Waals surface area contributed by atoms with Crippen LogP contribution in [0.25, 0.3) is 0 Å². The summed E-state index contributed by atoms with van der Waals surface area (Å²) in [5.74, 6) is -2.95. The Balaban J connectivity index is 3.07. The molecule has 1 rings (SSSR count). The Labute approximate surface area is 102 Å². The van der Waals surface area contributed by atoms with Crippen LogP contribution >= 0.6 is 0 Å². The maximum absolute atomic E-state index is 11.3. The maximum atomic E-state index is 11.3. The van der Waals surface area contributed by atoms with Crippen molar-refractivity contribution in [3.63, 3.8) is 0 Å². The first-order chi connectivity index (χ1) is 8.43. The minimum Gasteiger partial charge on any atom is -0.478 e. The van der Waals surface area contributed by atoms with Crippen LogP contribution in [0.1, 0.15) is 27.1 Å². The highest BCUT2D eigenvalue weighted by atomic mass is 16.4. The van der Waals surface area contributed by atoms with Gasteiger partial charge in [0.15, 0.2) is 0 Å². The summed E-state index contributed by atoms with van der Waals surface area (Å²) in [4.78, 5) is 32.9. The minimum atomic E-state index is -1.27. The molecule has 0 aromatic heterocycles. The fourth-order valence-corrected chi connectivity index (χ4v) is 1.30. The largest absolute Gasteiger partial charge is 0.478 e. The molecule has 7 heteroatoms. The second-order valence-electron chi connectivity index (χ2n) is 3.50. The Hall–Kier alpha value is -2.41. The summed E-state index contributed by atoms with van der Waals surface area (Å²) < 4.78 is 0. The number of carboxylic acids is 2. The zero-order chi connectivity index (χ0) is 13.7. The van der Waals surface area contributed by atoms with Crippen molar-refractivity contribution in [2.24, 2.45) is 5.73 Å². The molecule has 0 spiro atoms. The maximum Gasteiger partial charge on any atom is 0.335 e. The molecule has 0 saturated carbocycles. The second kappa shape index (κ2) is 5.78. The van der Waals surface area contributed by atoms with Crippen molar-refractivity contribution >= 4 is 23.5 Å². The molecule has 1 amide bonds. The van der Waals surface area contributed by atoms with Crippen LogP contribution in [-0.4, -0.2) is 34.6 Å². The van der Waals surface area contributed by atoms with E-state index in [1.807, 2.05) is 0 Å². The predicted molar refractivity (Wildman–Crippen MR) is 62.7 cm³/mol. The zero-order valence-corrected chi connectivity index (χ0v) is 9.34. The van der Waals surface area contributed by atoms with Crippen molar-refractivity contribution in [3.8, 4) is 0 Å². The number of amides is 1. The summed E-state index contributed by atoms with van der Waals surface area (Å²) in [5.41, 5.74) is 4.89. The number of anilines is 1. The quantitative estimate of drug-likeness (QED) is 0.599. The SMILES string of the molecule is NCCC(=O)Nc1cc(C(=O)O)cc(C(=O)O)c1. The highest BCUT2D eigenvalue weighted by Gasteiger charge is 2.12. The van der Waals surface area contributed by atoms with Gasteiger partial charge in [0.05, 0.1) is 11.1 Å². The Kier molecular flexibility index (Phi) is 4.39. The van der Waals surface area contributed by atoms with Crippen LogP contribution in [-0.2, 0) is 4.79 Å². The molecule has 0 heterocycles. The van der Waals surface area contributed by atoms with Crippen molar-refractivity contribution < 1.29 is 24.6 Å². The molecule has 0 aliphatic rings. The molecular formula is C11H12N2O5. The number of nitrogens with two attached hydrogens (primary N) is 1. The van der Waals surface area contributed by atoms with E-state index >= 15 is 0 Å². The molecule has 18 heavy (non-hydrogen) atoms. The Morgan fingerprint density at radius 2 is 1.56 bits per heavy atom. The first-order valence-corrected chi connectivity index (χ1v) is 5.05. The first-order valence-electron chi connectivity index (χ1n) is 5.05. The summed E-state index contributed by atoms with van der Waals surface area (Å²) >= 11 is 0. The Bertz CT molecular complexity index is 466. The number of carbonyl (C=O) groups excluding carboxylic acids is 1. The number of benzene rings is 1. The normalized spacial score (nSPS) is 9.83. The van der Waals surface area contributed by atoms with Crippen LogP contribution < -0.4 is 11.1 Å². The Morgan fingerprint density at radius 3 is 1.94 bits per heavy atom. The van der Waals surface area contributed by atoms with Gasteiger partial charge in [0.2, 0.25) is 5.91 Å². The van der Waals surface area contributed by atoms with E-state index in [4.69, 9.17) is 15.9 Å². The van der Waals surface area contributed by atoms with Crippen LogP contribution in [0, 0.1) is 0 Å². The van der Waals surface area contributed by atoms with E-state index < -0.39 is 17.8 Å². The number of nitrogens with one attached hydrogen (secondary N) is 1. The lowest BCUT2D eigenvalue weighted by Crippen LogP contribution is -2.17. The number of hydrogen-bond donors (Lipinski definition) is 4. The minimum absolute atomic E-state index is 0.0692. The highest BCUT2D eigenvalue weighted by Crippen LogP contribution is 2.15. The molecular weight excluding hydrogens is 240 g/mol. The van der Waals surface area contributed by atoms with Crippen molar-refractivity contribution in [1.29, 1.82) is 0 Å². The summed E-state index contributed by atoms with van der Waals surface area (Å²) in [7, 11) is 0. The number of carboxylic acid groups (broad SMARTS) is 2. The number of aromatic carboxylic acids is 2. The number of hydrogen-bond acceptors (Lipinski definition) is 4. The highest BCUT2D eigenvalue weighted by molar-refractivity contribution is 5.98. The van der Waals surface area contributed by atoms with E-state index in [1.165, 1.54) is 12.1 Å². The van der Waals surface area contributed by atoms with E-state index in [-0.39, 0.29) is 29.8 Å². The molecule has 96 valence electrons. The Morgan fingerprint density at radius 1 is 1.06 bits per heavy atom. The molecule has 0 fully saturated rings. The third kappa shape index (κ3) is 3.56. The lowest BCUT2D eigenvalue weighted by Gasteiger charge is -2.07. The molecule has 0 radical (unpaired) electrons. The van der Waals surface area contributed by atoms with Gasteiger partial charge in [-0.2, -0.15) is 0 Å². The van der Waals surface area contributed by atoms with E-state index in [0.29, 0.717) is 0 Å². The molecule has 0 atom stereocenters. The molecule has 7 nitrogen and oxygen atoms in total. The first kappa shape index (κ1) is 13.7. The van der Waals surface area contributed by atoms with Crippen molar-refractivity contribution in [1.82, 2.24) is 0 Å². The predicted octanol–water partition coefficient (Wildman–Crippen LogP) is 0.370. The lowest BCUT2D eigenvalue weighted by molar-refractivity contribution is -0.116. The molecule has 0 aliphatic carbocycles. The van der Waals surface area contributed by atoms with Crippen LogP contribution in [0.3, 0.4) is 0 Å². The monoisotopic (exact) mass is 252 g/mol. The number of carbonyl (C=O) groups is 3. The average Bonchev–Trinajstić information content (AvgIpc) is 2.28. The van der Waals surface area contributed by atoms with Gasteiger partial charge in [0.1, 0.15) is 0 Å². The van der Waals surface area contributed by atoms with Gasteiger partial charge in [-0.05, 0) is 18.2 Å². The summed E-state index contributed by atoms with van der Waals surface area (Å²) in [6.07, 6.45) is 0.0692. The van der Waals surface area contributed by atoms with E-state index in [9.17, 15) is 14.4 Å². The van der Waals surface area contributed by atoms with Gasteiger partial charge in [-0.15, -0.1) is 0 Å². The smallest absolute Gasteiger partial charge is 0.335 e. The molecule has 1 aromatic rings. The number of rotatable bonds is 5. The molecule has 0 saturated heterocycles. The van der Waals surface area contributed by atoms with Gasteiger partial charge >= 0.3 is 11.9 Å². The van der Waals surface area contributed by atoms with Crippen LogP contribution in [0.4, 0.5) is 5.69 Å². The van der Waals surface area contributed by atoms with Gasteiger partial charge in [-0.3, -0.25) is 4.79 Å². The van der Waals surface area contributed by atoms with E-state index in [2.05, 4.69) is 5.32 Å². The molecule has 0 bridgehead atoms.